The molecule has 8 nitrogen and oxygen atoms in total. The number of carboxylic acids is 2. The highest BCUT2D eigenvalue weighted by Crippen LogP contribution is 2.25. The Hall–Kier alpha value is -1.19. The molecule has 1 fully saturated rings. The second-order valence-electron chi connectivity index (χ2n) is 3.58. The van der Waals surface area contributed by atoms with Crippen LogP contribution in [0.5, 0.6) is 0 Å². The Morgan fingerprint density at radius 3 is 2.06 bits per heavy atom. The van der Waals surface area contributed by atoms with E-state index in [1.165, 1.54) is 0 Å². The molecule has 1 aliphatic heterocycles. The van der Waals surface area contributed by atoms with Gasteiger partial charge in [-0.05, 0) is 6.42 Å². The topological polar surface area (TPSA) is 138 Å². The van der Waals surface area contributed by atoms with Crippen LogP contribution in [-0.2, 0) is 19.8 Å². The second-order valence-corrected chi connectivity index (χ2v) is 5.13. The van der Waals surface area contributed by atoms with Crippen LogP contribution in [0.1, 0.15) is 6.42 Å². The average molecular weight is 252 g/mol. The summed E-state index contributed by atoms with van der Waals surface area (Å²) in [7, 11) is -3.96. The summed E-state index contributed by atoms with van der Waals surface area (Å²) < 4.78 is 22.8. The number of carboxylic acid groups (broad SMARTS) is 2. The molecule has 4 N–H and O–H groups in total. The van der Waals surface area contributed by atoms with Crippen LogP contribution in [0.3, 0.4) is 0 Å². The Bertz CT molecular complexity index is 405. The molecular weight excluding hydrogens is 240 g/mol. The van der Waals surface area contributed by atoms with Gasteiger partial charge in [0.2, 0.25) is 0 Å². The molecule has 2 unspecified atom stereocenters. The van der Waals surface area contributed by atoms with Gasteiger partial charge in [0.05, 0.1) is 11.8 Å². The number of nitrogens with zero attached hydrogens (tertiary/aromatic N) is 1. The molecule has 0 aliphatic carbocycles. The van der Waals surface area contributed by atoms with E-state index in [0.29, 0.717) is 0 Å². The van der Waals surface area contributed by atoms with Gasteiger partial charge >= 0.3 is 11.9 Å². The van der Waals surface area contributed by atoms with Crippen molar-refractivity contribution >= 4 is 22.1 Å². The molecule has 0 aromatic heterocycles. The summed E-state index contributed by atoms with van der Waals surface area (Å²) in [5.74, 6) is -4.90. The van der Waals surface area contributed by atoms with Gasteiger partial charge in [-0.2, -0.15) is 12.7 Å². The first kappa shape index (κ1) is 12.9. The lowest BCUT2D eigenvalue weighted by Crippen LogP contribution is -2.50. The van der Waals surface area contributed by atoms with Gasteiger partial charge in [-0.15, -0.1) is 0 Å². The van der Waals surface area contributed by atoms with Crippen molar-refractivity contribution in [3.05, 3.63) is 0 Å². The van der Waals surface area contributed by atoms with Crippen molar-refractivity contribution in [3.63, 3.8) is 0 Å². The first-order valence-corrected chi connectivity index (χ1v) is 5.97. The lowest BCUT2D eigenvalue weighted by atomic mass is 9.86. The summed E-state index contributed by atoms with van der Waals surface area (Å²) in [5.41, 5.74) is 0. The zero-order valence-corrected chi connectivity index (χ0v) is 9.05. The molecule has 16 heavy (non-hydrogen) atoms. The number of carbonyl (C=O) groups is 2. The van der Waals surface area contributed by atoms with Crippen LogP contribution in [0.25, 0.3) is 0 Å². The minimum atomic E-state index is -3.96. The number of aliphatic carboxylic acids is 2. The van der Waals surface area contributed by atoms with Gasteiger partial charge in [0, 0.05) is 13.1 Å². The first-order valence-electron chi connectivity index (χ1n) is 4.47. The quantitative estimate of drug-likeness (QED) is 0.547. The third-order valence-electron chi connectivity index (χ3n) is 2.57. The molecule has 1 heterocycles. The highest BCUT2D eigenvalue weighted by Gasteiger charge is 2.41. The lowest BCUT2D eigenvalue weighted by molar-refractivity contribution is -0.156. The Balaban J connectivity index is 2.89. The van der Waals surface area contributed by atoms with Gasteiger partial charge < -0.3 is 10.2 Å². The standard InChI is InChI=1S/C7H12N2O6S/c8-16(14,15)9-2-1-4(6(10)11)5(3-9)7(12)13/h4-5H,1-3H2,(H,10,11)(H,12,13)(H2,8,14,15). The van der Waals surface area contributed by atoms with Gasteiger partial charge in [-0.1, -0.05) is 0 Å². The summed E-state index contributed by atoms with van der Waals surface area (Å²) >= 11 is 0. The summed E-state index contributed by atoms with van der Waals surface area (Å²) in [5, 5.41) is 22.5. The van der Waals surface area contributed by atoms with Crippen LogP contribution in [0.4, 0.5) is 0 Å². The monoisotopic (exact) mass is 252 g/mol. The highest BCUT2D eigenvalue weighted by molar-refractivity contribution is 7.86. The zero-order chi connectivity index (χ0) is 12.5. The smallest absolute Gasteiger partial charge is 0.308 e. The second kappa shape index (κ2) is 4.36. The highest BCUT2D eigenvalue weighted by atomic mass is 32.2. The number of nitrogens with two attached hydrogens (primary N) is 1. The molecule has 1 rings (SSSR count). The molecule has 1 aliphatic rings. The first-order chi connectivity index (χ1) is 7.23. The van der Waals surface area contributed by atoms with E-state index in [1.54, 1.807) is 0 Å². The van der Waals surface area contributed by atoms with E-state index in [0.717, 1.165) is 4.31 Å². The average Bonchev–Trinajstić information content (AvgIpc) is 2.15. The molecule has 0 spiro atoms. The van der Waals surface area contributed by atoms with Crippen molar-refractivity contribution in [1.29, 1.82) is 0 Å². The molecule has 2 atom stereocenters. The van der Waals surface area contributed by atoms with Gasteiger partial charge in [0.25, 0.3) is 10.2 Å². The maximum absolute atomic E-state index is 11.0. The number of rotatable bonds is 3. The zero-order valence-electron chi connectivity index (χ0n) is 8.24. The van der Waals surface area contributed by atoms with Crippen molar-refractivity contribution < 1.29 is 28.2 Å². The van der Waals surface area contributed by atoms with E-state index in [9.17, 15) is 18.0 Å². The molecule has 1 saturated heterocycles. The van der Waals surface area contributed by atoms with Crippen LogP contribution in [0.2, 0.25) is 0 Å². The Labute approximate surface area is 91.8 Å². The Morgan fingerprint density at radius 1 is 1.19 bits per heavy atom. The maximum Gasteiger partial charge on any atom is 0.308 e. The molecule has 0 radical (unpaired) electrons. The minimum absolute atomic E-state index is 0.0528. The molecular formula is C7H12N2O6S. The third kappa shape index (κ3) is 2.68. The van der Waals surface area contributed by atoms with Gasteiger partial charge in [-0.25, -0.2) is 5.14 Å². The van der Waals surface area contributed by atoms with Crippen LogP contribution >= 0.6 is 0 Å². The fourth-order valence-electron chi connectivity index (χ4n) is 1.70. The van der Waals surface area contributed by atoms with Crippen molar-refractivity contribution in [3.8, 4) is 0 Å². The van der Waals surface area contributed by atoms with Crippen LogP contribution in [-0.4, -0.2) is 48.0 Å². The van der Waals surface area contributed by atoms with E-state index < -0.39 is 40.5 Å². The summed E-state index contributed by atoms with van der Waals surface area (Å²) in [6.45, 7) is -0.468. The van der Waals surface area contributed by atoms with E-state index in [1.807, 2.05) is 0 Å². The van der Waals surface area contributed by atoms with E-state index in [2.05, 4.69) is 0 Å². The Morgan fingerprint density at radius 2 is 1.69 bits per heavy atom. The number of piperidine rings is 1. The maximum atomic E-state index is 11.0. The van der Waals surface area contributed by atoms with Crippen molar-refractivity contribution in [2.24, 2.45) is 17.0 Å². The predicted octanol–water partition coefficient (Wildman–Crippen LogP) is -1.70. The third-order valence-corrected chi connectivity index (χ3v) is 3.62. The van der Waals surface area contributed by atoms with Crippen molar-refractivity contribution in [1.82, 2.24) is 4.31 Å². The molecule has 0 saturated carbocycles. The normalized spacial score (nSPS) is 27.6. The fourth-order valence-corrected chi connectivity index (χ4v) is 2.43. The van der Waals surface area contributed by atoms with Crippen LogP contribution < -0.4 is 5.14 Å². The SMILES string of the molecule is NS(=O)(=O)N1CCC(C(=O)O)C(C(=O)O)C1. The molecule has 0 amide bonds. The molecule has 92 valence electrons. The minimum Gasteiger partial charge on any atom is -0.481 e. The predicted molar refractivity (Wildman–Crippen MR) is 51.5 cm³/mol. The van der Waals surface area contributed by atoms with Gasteiger partial charge in [-0.3, -0.25) is 9.59 Å². The number of hydrogen-bond donors (Lipinski definition) is 3. The van der Waals surface area contributed by atoms with Gasteiger partial charge in [0.1, 0.15) is 0 Å². The fraction of sp³-hybridized carbons (Fsp3) is 0.714. The van der Waals surface area contributed by atoms with E-state index >= 15 is 0 Å². The van der Waals surface area contributed by atoms with Crippen LogP contribution in [0, 0.1) is 11.8 Å². The molecule has 0 aromatic carbocycles. The van der Waals surface area contributed by atoms with E-state index in [4.69, 9.17) is 15.4 Å². The summed E-state index contributed by atoms with van der Waals surface area (Å²) in [6.07, 6.45) is -0.0528. The molecule has 0 bridgehead atoms. The lowest BCUT2D eigenvalue weighted by Gasteiger charge is -2.32. The number of hydrogen-bond acceptors (Lipinski definition) is 4. The Kier molecular flexibility index (Phi) is 3.51. The van der Waals surface area contributed by atoms with Crippen molar-refractivity contribution in [2.45, 2.75) is 6.42 Å². The molecule has 0 aromatic rings. The van der Waals surface area contributed by atoms with Crippen molar-refractivity contribution in [2.75, 3.05) is 13.1 Å². The molecule has 9 heteroatoms. The largest absolute Gasteiger partial charge is 0.481 e. The summed E-state index contributed by atoms with van der Waals surface area (Å²) in [6, 6.07) is 0. The van der Waals surface area contributed by atoms with Gasteiger partial charge in [0.15, 0.2) is 0 Å². The van der Waals surface area contributed by atoms with E-state index in [-0.39, 0.29) is 13.0 Å². The summed E-state index contributed by atoms with van der Waals surface area (Å²) in [4.78, 5) is 21.6. The van der Waals surface area contributed by atoms with Crippen LogP contribution in [0.15, 0.2) is 0 Å².